The van der Waals surface area contributed by atoms with Crippen molar-refractivity contribution in [2.24, 2.45) is 5.92 Å². The van der Waals surface area contributed by atoms with Gasteiger partial charge in [0.1, 0.15) is 17.9 Å². The van der Waals surface area contributed by atoms with Crippen LogP contribution >= 0.6 is 0 Å². The monoisotopic (exact) mass is 465 g/mol. The van der Waals surface area contributed by atoms with Gasteiger partial charge in [0.05, 0.1) is 12.2 Å². The highest BCUT2D eigenvalue weighted by molar-refractivity contribution is 5.92. The van der Waals surface area contributed by atoms with Gasteiger partial charge < -0.3 is 19.7 Å². The molecule has 5 rings (SSSR count). The first-order valence-electron chi connectivity index (χ1n) is 12.2. The molecule has 3 heterocycles. The number of carbonyl (C=O) groups is 2. The van der Waals surface area contributed by atoms with E-state index < -0.39 is 5.92 Å². The number of amides is 2. The van der Waals surface area contributed by atoms with Crippen LogP contribution in [-0.2, 0) is 20.7 Å². The lowest BCUT2D eigenvalue weighted by Crippen LogP contribution is -2.42. The molecule has 1 atom stereocenters. The molecular formula is C25H31N5O4. The molecule has 180 valence electrons. The molecule has 1 unspecified atom stereocenters. The van der Waals surface area contributed by atoms with Crippen LogP contribution in [0.5, 0.6) is 0 Å². The van der Waals surface area contributed by atoms with Crippen LogP contribution < -0.4 is 5.32 Å². The van der Waals surface area contributed by atoms with E-state index in [9.17, 15) is 9.59 Å². The van der Waals surface area contributed by atoms with E-state index in [-0.39, 0.29) is 30.7 Å². The van der Waals surface area contributed by atoms with E-state index in [0.717, 1.165) is 57.2 Å². The van der Waals surface area contributed by atoms with Gasteiger partial charge in [0.25, 0.3) is 5.91 Å². The van der Waals surface area contributed by atoms with Crippen LogP contribution in [0.4, 0.5) is 0 Å². The molecule has 2 amide bonds. The van der Waals surface area contributed by atoms with Crippen molar-refractivity contribution in [2.75, 3.05) is 19.9 Å². The first-order chi connectivity index (χ1) is 16.7. The van der Waals surface area contributed by atoms with E-state index >= 15 is 0 Å². The Morgan fingerprint density at radius 1 is 1.09 bits per heavy atom. The van der Waals surface area contributed by atoms with Gasteiger partial charge in [-0.25, -0.2) is 4.68 Å². The maximum absolute atomic E-state index is 13.2. The lowest BCUT2D eigenvalue weighted by atomic mass is 9.90. The number of nitrogens with one attached hydrogen (secondary N) is 1. The van der Waals surface area contributed by atoms with Gasteiger partial charge >= 0.3 is 0 Å². The van der Waals surface area contributed by atoms with Crippen molar-refractivity contribution in [3.05, 3.63) is 59.8 Å². The van der Waals surface area contributed by atoms with Crippen molar-refractivity contribution < 1.29 is 19.1 Å². The third-order valence-corrected chi connectivity index (χ3v) is 6.98. The van der Waals surface area contributed by atoms with Gasteiger partial charge in [-0.15, -0.1) is 5.10 Å². The zero-order chi connectivity index (χ0) is 23.3. The van der Waals surface area contributed by atoms with Gasteiger partial charge in [0, 0.05) is 19.1 Å². The molecule has 1 saturated heterocycles. The van der Waals surface area contributed by atoms with Gasteiger partial charge in [-0.1, -0.05) is 35.5 Å². The molecule has 9 nitrogen and oxygen atoms in total. The second kappa shape index (κ2) is 10.3. The normalized spacial score (nSPS) is 23.1. The molecule has 1 saturated carbocycles. The van der Waals surface area contributed by atoms with Gasteiger partial charge in [-0.2, -0.15) is 0 Å². The molecule has 0 bridgehead atoms. The highest BCUT2D eigenvalue weighted by Crippen LogP contribution is 2.29. The first kappa shape index (κ1) is 22.4. The Labute approximate surface area is 199 Å². The van der Waals surface area contributed by atoms with Gasteiger partial charge in [0.2, 0.25) is 12.7 Å². The molecule has 1 N–H and O–H groups in total. The summed E-state index contributed by atoms with van der Waals surface area (Å²) in [4.78, 5) is 27.6. The fourth-order valence-corrected chi connectivity index (χ4v) is 5.03. The second-order valence-electron chi connectivity index (χ2n) is 9.29. The molecule has 9 heteroatoms. The SMILES string of the molecule is O=C(NC1CCC(n2cc(C(=O)N3CCCC3)nn2)CC1)C(Cc1ccccc1)C1=COCO1. The Kier molecular flexibility index (Phi) is 6.78. The zero-order valence-electron chi connectivity index (χ0n) is 19.3. The van der Waals surface area contributed by atoms with E-state index in [2.05, 4.69) is 15.6 Å². The topological polar surface area (TPSA) is 98.6 Å². The number of benzene rings is 1. The summed E-state index contributed by atoms with van der Waals surface area (Å²) in [6.45, 7) is 1.75. The zero-order valence-corrected chi connectivity index (χ0v) is 19.3. The molecule has 0 spiro atoms. The summed E-state index contributed by atoms with van der Waals surface area (Å²) in [5.41, 5.74) is 1.50. The van der Waals surface area contributed by atoms with E-state index in [1.165, 1.54) is 0 Å². The lowest BCUT2D eigenvalue weighted by Gasteiger charge is -2.30. The van der Waals surface area contributed by atoms with Crippen LogP contribution in [0, 0.1) is 5.92 Å². The second-order valence-corrected chi connectivity index (χ2v) is 9.29. The third-order valence-electron chi connectivity index (χ3n) is 6.98. The Morgan fingerprint density at radius 2 is 1.85 bits per heavy atom. The standard InChI is InChI=1S/C25H31N5O4/c31-24(21(23-16-33-17-34-23)14-18-6-2-1-3-7-18)26-19-8-10-20(11-9-19)30-15-22(27-28-30)25(32)29-12-4-5-13-29/h1-3,6-7,15-16,19-21H,4-5,8-14,17H2,(H,26,31). The number of carbonyl (C=O) groups excluding carboxylic acids is 2. The predicted octanol–water partition coefficient (Wildman–Crippen LogP) is 2.82. The highest BCUT2D eigenvalue weighted by Gasteiger charge is 2.31. The maximum Gasteiger partial charge on any atom is 0.276 e. The fraction of sp³-hybridized carbons (Fsp3) is 0.520. The molecule has 2 fully saturated rings. The molecule has 2 aromatic rings. The van der Waals surface area contributed by atoms with E-state index in [4.69, 9.17) is 9.47 Å². The Balaban J connectivity index is 1.16. The average Bonchev–Trinajstić information content (AvgIpc) is 3.66. The minimum atomic E-state index is -0.419. The number of ether oxygens (including phenoxy) is 2. The molecule has 34 heavy (non-hydrogen) atoms. The van der Waals surface area contributed by atoms with Crippen molar-refractivity contribution in [3.8, 4) is 0 Å². The van der Waals surface area contributed by atoms with E-state index in [1.54, 1.807) is 12.5 Å². The summed E-state index contributed by atoms with van der Waals surface area (Å²) < 4.78 is 12.6. The van der Waals surface area contributed by atoms with Crippen molar-refractivity contribution in [1.82, 2.24) is 25.2 Å². The van der Waals surface area contributed by atoms with Crippen LogP contribution in [0.15, 0.2) is 48.5 Å². The summed E-state index contributed by atoms with van der Waals surface area (Å²) in [5, 5.41) is 11.6. The summed E-state index contributed by atoms with van der Waals surface area (Å²) >= 11 is 0. The van der Waals surface area contributed by atoms with Crippen LogP contribution in [0.2, 0.25) is 0 Å². The van der Waals surface area contributed by atoms with Crippen LogP contribution in [0.3, 0.4) is 0 Å². The maximum atomic E-state index is 13.2. The van der Waals surface area contributed by atoms with Crippen LogP contribution in [-0.4, -0.2) is 57.6 Å². The number of aromatic nitrogens is 3. The molecule has 1 aliphatic carbocycles. The van der Waals surface area contributed by atoms with Crippen LogP contribution in [0.1, 0.15) is 60.6 Å². The number of hydrogen-bond donors (Lipinski definition) is 1. The van der Waals surface area contributed by atoms with Gasteiger partial charge in [0.15, 0.2) is 5.69 Å². The number of likely N-dealkylation sites (tertiary alicyclic amines) is 1. The molecule has 1 aromatic carbocycles. The predicted molar refractivity (Wildman–Crippen MR) is 123 cm³/mol. The summed E-state index contributed by atoms with van der Waals surface area (Å²) in [7, 11) is 0. The Morgan fingerprint density at radius 3 is 2.56 bits per heavy atom. The highest BCUT2D eigenvalue weighted by atomic mass is 16.7. The molecule has 3 aliphatic rings. The van der Waals surface area contributed by atoms with E-state index in [1.807, 2.05) is 39.9 Å². The Hall–Kier alpha value is -3.36. The van der Waals surface area contributed by atoms with E-state index in [0.29, 0.717) is 17.9 Å². The van der Waals surface area contributed by atoms with Gasteiger partial charge in [-0.3, -0.25) is 9.59 Å². The number of rotatable bonds is 7. The third kappa shape index (κ3) is 5.08. The smallest absolute Gasteiger partial charge is 0.276 e. The van der Waals surface area contributed by atoms with Crippen LogP contribution in [0.25, 0.3) is 0 Å². The number of hydrogen-bond acceptors (Lipinski definition) is 6. The Bertz CT molecular complexity index is 1020. The van der Waals surface area contributed by atoms with Gasteiger partial charge in [-0.05, 0) is 50.5 Å². The molecule has 1 aromatic heterocycles. The fourth-order valence-electron chi connectivity index (χ4n) is 5.03. The molecule has 2 aliphatic heterocycles. The summed E-state index contributed by atoms with van der Waals surface area (Å²) in [6, 6.07) is 10.2. The minimum absolute atomic E-state index is 0.0263. The molecular weight excluding hydrogens is 434 g/mol. The first-order valence-corrected chi connectivity index (χ1v) is 12.2. The molecule has 0 radical (unpaired) electrons. The average molecular weight is 466 g/mol. The number of nitrogens with zero attached hydrogens (tertiary/aromatic N) is 4. The van der Waals surface area contributed by atoms with Crippen molar-refractivity contribution in [1.29, 1.82) is 0 Å². The largest absolute Gasteiger partial charge is 0.462 e. The quantitative estimate of drug-likeness (QED) is 0.675. The van der Waals surface area contributed by atoms with Crippen molar-refractivity contribution in [2.45, 2.75) is 57.0 Å². The lowest BCUT2D eigenvalue weighted by molar-refractivity contribution is -0.126. The summed E-state index contributed by atoms with van der Waals surface area (Å²) in [6.07, 6.45) is 9.44. The minimum Gasteiger partial charge on any atom is -0.462 e. The summed E-state index contributed by atoms with van der Waals surface area (Å²) in [5.74, 6) is 0.0924. The van der Waals surface area contributed by atoms with Crippen molar-refractivity contribution in [3.63, 3.8) is 0 Å². The van der Waals surface area contributed by atoms with Crippen molar-refractivity contribution >= 4 is 11.8 Å².